The molecular formula is C17H18N4O2. The van der Waals surface area contributed by atoms with Crippen LogP contribution in [0.5, 0.6) is 5.88 Å². The van der Waals surface area contributed by atoms with Crippen molar-refractivity contribution in [3.05, 3.63) is 60.2 Å². The van der Waals surface area contributed by atoms with Crippen LogP contribution in [0.3, 0.4) is 0 Å². The maximum atomic E-state index is 5.84. The van der Waals surface area contributed by atoms with E-state index in [4.69, 9.17) is 9.15 Å². The van der Waals surface area contributed by atoms with E-state index in [9.17, 15) is 0 Å². The average Bonchev–Trinajstić information content (AvgIpc) is 3.04. The molecule has 0 spiro atoms. The molecule has 0 atom stereocenters. The molecule has 6 heteroatoms. The first-order valence-corrected chi connectivity index (χ1v) is 7.28. The highest BCUT2D eigenvalue weighted by Crippen LogP contribution is 2.21. The number of furan rings is 1. The second-order valence-corrected chi connectivity index (χ2v) is 5.22. The van der Waals surface area contributed by atoms with E-state index in [0.717, 1.165) is 17.9 Å². The molecule has 0 aliphatic rings. The first kappa shape index (κ1) is 15.2. The number of hydrogen-bond donors (Lipinski definition) is 0. The molecule has 0 saturated carbocycles. The van der Waals surface area contributed by atoms with E-state index in [1.165, 1.54) is 0 Å². The molecule has 0 aliphatic heterocycles. The van der Waals surface area contributed by atoms with Gasteiger partial charge in [0.2, 0.25) is 5.88 Å². The highest BCUT2D eigenvalue weighted by atomic mass is 16.5. The van der Waals surface area contributed by atoms with Gasteiger partial charge in [0.05, 0.1) is 13.7 Å². The molecule has 3 heterocycles. The van der Waals surface area contributed by atoms with Crippen LogP contribution in [0, 0.1) is 0 Å². The van der Waals surface area contributed by atoms with Gasteiger partial charge in [0.15, 0.2) is 11.6 Å². The molecular weight excluding hydrogens is 292 g/mol. The summed E-state index contributed by atoms with van der Waals surface area (Å²) < 4.78 is 10.9. The van der Waals surface area contributed by atoms with Crippen LogP contribution in [0.4, 0.5) is 0 Å². The fraction of sp³-hybridized carbons (Fsp3) is 0.235. The molecule has 0 N–H and O–H groups in total. The maximum absolute atomic E-state index is 5.84. The number of aromatic nitrogens is 3. The minimum atomic E-state index is 0.515. The Kier molecular flexibility index (Phi) is 4.63. The van der Waals surface area contributed by atoms with Crippen LogP contribution in [-0.2, 0) is 13.1 Å². The third-order valence-electron chi connectivity index (χ3n) is 3.32. The van der Waals surface area contributed by atoms with Crippen molar-refractivity contribution < 1.29 is 9.15 Å². The fourth-order valence-electron chi connectivity index (χ4n) is 2.28. The number of nitrogens with zero attached hydrogens (tertiary/aromatic N) is 4. The van der Waals surface area contributed by atoms with E-state index in [2.05, 4.69) is 25.9 Å². The zero-order chi connectivity index (χ0) is 16.1. The molecule has 3 rings (SSSR count). The number of rotatable bonds is 6. The largest absolute Gasteiger partial charge is 0.481 e. The highest BCUT2D eigenvalue weighted by Gasteiger charge is 2.10. The SMILES string of the molecule is COc1ccnc(-c2ccc(CN(C)Cc3cccnc3)o2)n1. The maximum Gasteiger partial charge on any atom is 0.216 e. The molecule has 0 unspecified atom stereocenters. The number of ether oxygens (including phenoxy) is 1. The second-order valence-electron chi connectivity index (χ2n) is 5.22. The average molecular weight is 310 g/mol. The molecule has 3 aromatic rings. The predicted octanol–water partition coefficient (Wildman–Crippen LogP) is 2.77. The third kappa shape index (κ3) is 3.92. The van der Waals surface area contributed by atoms with Gasteiger partial charge in [-0.05, 0) is 30.8 Å². The molecule has 6 nitrogen and oxygen atoms in total. The quantitative estimate of drug-likeness (QED) is 0.697. The first-order chi connectivity index (χ1) is 11.2. The third-order valence-corrected chi connectivity index (χ3v) is 3.32. The highest BCUT2D eigenvalue weighted by molar-refractivity contribution is 5.47. The number of pyridine rings is 1. The van der Waals surface area contributed by atoms with E-state index in [1.54, 1.807) is 25.6 Å². The lowest BCUT2D eigenvalue weighted by Crippen LogP contribution is -2.16. The summed E-state index contributed by atoms with van der Waals surface area (Å²) in [5, 5.41) is 0. The molecule has 23 heavy (non-hydrogen) atoms. The van der Waals surface area contributed by atoms with Gasteiger partial charge in [-0.3, -0.25) is 9.88 Å². The van der Waals surface area contributed by atoms with Crippen molar-refractivity contribution in [1.29, 1.82) is 0 Å². The molecule has 0 aliphatic carbocycles. The van der Waals surface area contributed by atoms with Gasteiger partial charge in [0.1, 0.15) is 5.76 Å². The van der Waals surface area contributed by atoms with Crippen LogP contribution < -0.4 is 4.74 Å². The lowest BCUT2D eigenvalue weighted by Gasteiger charge is -2.14. The minimum absolute atomic E-state index is 0.515. The number of hydrogen-bond acceptors (Lipinski definition) is 6. The van der Waals surface area contributed by atoms with Crippen molar-refractivity contribution in [2.24, 2.45) is 0 Å². The Bertz CT molecular complexity index is 758. The van der Waals surface area contributed by atoms with E-state index >= 15 is 0 Å². The molecule has 0 saturated heterocycles. The summed E-state index contributed by atoms with van der Waals surface area (Å²) in [6.07, 6.45) is 5.29. The van der Waals surface area contributed by atoms with Gasteiger partial charge < -0.3 is 9.15 Å². The van der Waals surface area contributed by atoms with Crippen LogP contribution in [0.15, 0.2) is 53.3 Å². The van der Waals surface area contributed by atoms with Crippen LogP contribution in [0.25, 0.3) is 11.6 Å². The Morgan fingerprint density at radius 3 is 2.83 bits per heavy atom. The van der Waals surface area contributed by atoms with Gasteiger partial charge in [-0.1, -0.05) is 6.07 Å². The van der Waals surface area contributed by atoms with Crippen LogP contribution in [0.1, 0.15) is 11.3 Å². The molecule has 0 fully saturated rings. The van der Waals surface area contributed by atoms with Crippen molar-refractivity contribution in [2.75, 3.05) is 14.2 Å². The summed E-state index contributed by atoms with van der Waals surface area (Å²) in [7, 11) is 3.62. The summed E-state index contributed by atoms with van der Waals surface area (Å²) >= 11 is 0. The standard InChI is InChI=1S/C17H18N4O2/c1-21(11-13-4-3-8-18-10-13)12-14-5-6-15(23-14)17-19-9-7-16(20-17)22-2/h3-10H,11-12H2,1-2H3. The molecule has 3 aromatic heterocycles. The normalized spacial score (nSPS) is 10.9. The Labute approximate surface area is 134 Å². The van der Waals surface area contributed by atoms with Crippen molar-refractivity contribution in [1.82, 2.24) is 19.9 Å². The van der Waals surface area contributed by atoms with Crippen LogP contribution >= 0.6 is 0 Å². The Morgan fingerprint density at radius 2 is 2.04 bits per heavy atom. The van der Waals surface area contributed by atoms with Gasteiger partial charge in [-0.25, -0.2) is 4.98 Å². The minimum Gasteiger partial charge on any atom is -0.481 e. The molecule has 0 radical (unpaired) electrons. The van der Waals surface area contributed by atoms with E-state index in [1.807, 2.05) is 31.4 Å². The molecule has 0 aromatic carbocycles. The predicted molar refractivity (Wildman–Crippen MR) is 85.7 cm³/mol. The zero-order valence-electron chi connectivity index (χ0n) is 13.1. The molecule has 118 valence electrons. The van der Waals surface area contributed by atoms with E-state index in [0.29, 0.717) is 24.0 Å². The summed E-state index contributed by atoms with van der Waals surface area (Å²) in [4.78, 5) is 14.8. The zero-order valence-corrected chi connectivity index (χ0v) is 13.1. The topological polar surface area (TPSA) is 64.3 Å². The van der Waals surface area contributed by atoms with E-state index < -0.39 is 0 Å². The van der Waals surface area contributed by atoms with Gasteiger partial charge in [0, 0.05) is 31.2 Å². The van der Waals surface area contributed by atoms with Gasteiger partial charge in [-0.15, -0.1) is 0 Å². The molecule has 0 amide bonds. The first-order valence-electron chi connectivity index (χ1n) is 7.28. The smallest absolute Gasteiger partial charge is 0.216 e. The number of methoxy groups -OCH3 is 1. The second kappa shape index (κ2) is 7.02. The van der Waals surface area contributed by atoms with Crippen LogP contribution in [-0.4, -0.2) is 34.0 Å². The van der Waals surface area contributed by atoms with Crippen molar-refractivity contribution in [3.8, 4) is 17.5 Å². The summed E-state index contributed by atoms with van der Waals surface area (Å²) in [6.45, 7) is 1.50. The lowest BCUT2D eigenvalue weighted by molar-refractivity contribution is 0.289. The summed E-state index contributed by atoms with van der Waals surface area (Å²) in [5.74, 6) is 2.53. The van der Waals surface area contributed by atoms with Gasteiger partial charge in [-0.2, -0.15) is 4.98 Å². The molecule has 0 bridgehead atoms. The van der Waals surface area contributed by atoms with Gasteiger partial charge >= 0.3 is 0 Å². The van der Waals surface area contributed by atoms with Crippen molar-refractivity contribution in [2.45, 2.75) is 13.1 Å². The summed E-state index contributed by atoms with van der Waals surface area (Å²) in [6, 6.07) is 9.52. The van der Waals surface area contributed by atoms with Crippen LogP contribution in [0.2, 0.25) is 0 Å². The fourth-order valence-corrected chi connectivity index (χ4v) is 2.28. The lowest BCUT2D eigenvalue weighted by atomic mass is 10.2. The Morgan fingerprint density at radius 1 is 1.13 bits per heavy atom. The van der Waals surface area contributed by atoms with E-state index in [-0.39, 0.29) is 0 Å². The summed E-state index contributed by atoms with van der Waals surface area (Å²) in [5.41, 5.74) is 1.16. The van der Waals surface area contributed by atoms with Crippen molar-refractivity contribution >= 4 is 0 Å². The Balaban J connectivity index is 1.67. The monoisotopic (exact) mass is 310 g/mol. The Hall–Kier alpha value is -2.73. The van der Waals surface area contributed by atoms with Gasteiger partial charge in [0.25, 0.3) is 0 Å². The van der Waals surface area contributed by atoms with Crippen molar-refractivity contribution in [3.63, 3.8) is 0 Å².